The van der Waals surface area contributed by atoms with E-state index in [4.69, 9.17) is 4.84 Å². The van der Waals surface area contributed by atoms with Crippen molar-refractivity contribution < 1.29 is 4.84 Å². The van der Waals surface area contributed by atoms with Gasteiger partial charge in [0.2, 0.25) is 0 Å². The van der Waals surface area contributed by atoms with Crippen LogP contribution in [0.2, 0.25) is 0 Å². The lowest BCUT2D eigenvalue weighted by molar-refractivity contribution is 0.0857. The van der Waals surface area contributed by atoms with E-state index in [0.717, 1.165) is 5.71 Å². The number of hydrogen-bond donors (Lipinski definition) is 0. The SMILES string of the molecule is C.CC(C)=NOC(C)C. The Kier molecular flexibility index (Phi) is 7.03. The molecule has 0 radical (unpaired) electrons. The van der Waals surface area contributed by atoms with Crippen molar-refractivity contribution in [3.8, 4) is 0 Å². The highest BCUT2D eigenvalue weighted by Gasteiger charge is 1.86. The predicted molar refractivity (Wildman–Crippen MR) is 41.7 cm³/mol. The minimum Gasteiger partial charge on any atom is -0.393 e. The molecule has 2 nitrogen and oxygen atoms in total. The summed E-state index contributed by atoms with van der Waals surface area (Å²) in [5, 5.41) is 3.74. The molecule has 0 aromatic rings. The molecule has 0 aromatic carbocycles. The predicted octanol–water partition coefficient (Wildman–Crippen LogP) is 2.44. The summed E-state index contributed by atoms with van der Waals surface area (Å²) in [4.78, 5) is 4.89. The summed E-state index contributed by atoms with van der Waals surface area (Å²) in [5.74, 6) is 0. The number of rotatable bonds is 2. The second-order valence-electron chi connectivity index (χ2n) is 2.19. The van der Waals surface area contributed by atoms with Crippen LogP contribution in [0.25, 0.3) is 0 Å². The first kappa shape index (κ1) is 11.3. The smallest absolute Gasteiger partial charge is 0.122 e. The summed E-state index contributed by atoms with van der Waals surface area (Å²) in [6, 6.07) is 0. The van der Waals surface area contributed by atoms with Gasteiger partial charge < -0.3 is 4.84 Å². The lowest BCUT2D eigenvalue weighted by atomic mass is 10.5. The van der Waals surface area contributed by atoms with Gasteiger partial charge in [-0.1, -0.05) is 12.6 Å². The molecule has 0 aliphatic rings. The monoisotopic (exact) mass is 131 g/mol. The molecule has 0 saturated heterocycles. The fraction of sp³-hybridized carbons (Fsp3) is 0.857. The average Bonchev–Trinajstić information content (AvgIpc) is 1.61. The fourth-order valence-corrected chi connectivity index (χ4v) is 0.211. The van der Waals surface area contributed by atoms with Gasteiger partial charge in [-0.3, -0.25) is 0 Å². The molecule has 0 saturated carbocycles. The Labute approximate surface area is 57.9 Å². The zero-order valence-corrected chi connectivity index (χ0v) is 5.93. The molecule has 56 valence electrons. The van der Waals surface area contributed by atoms with Gasteiger partial charge in [0.05, 0.1) is 5.71 Å². The van der Waals surface area contributed by atoms with Crippen LogP contribution < -0.4 is 0 Å². The van der Waals surface area contributed by atoms with Crippen molar-refractivity contribution in [3.63, 3.8) is 0 Å². The van der Waals surface area contributed by atoms with Crippen LogP contribution >= 0.6 is 0 Å². The molecule has 0 unspecified atom stereocenters. The van der Waals surface area contributed by atoms with E-state index in [0.29, 0.717) is 0 Å². The molecule has 0 fully saturated rings. The summed E-state index contributed by atoms with van der Waals surface area (Å²) >= 11 is 0. The summed E-state index contributed by atoms with van der Waals surface area (Å²) < 4.78 is 0. The van der Waals surface area contributed by atoms with Crippen molar-refractivity contribution in [2.75, 3.05) is 0 Å². The molecular formula is C7H17NO. The van der Waals surface area contributed by atoms with E-state index in [1.807, 2.05) is 27.7 Å². The Bertz CT molecular complexity index is 82.9. The molecule has 0 atom stereocenters. The average molecular weight is 131 g/mol. The Balaban J connectivity index is 0. The minimum atomic E-state index is 0. The number of nitrogens with zero attached hydrogens (tertiary/aromatic N) is 1. The molecular weight excluding hydrogens is 114 g/mol. The molecule has 0 spiro atoms. The third kappa shape index (κ3) is 11.2. The van der Waals surface area contributed by atoms with Gasteiger partial charge in [-0.25, -0.2) is 0 Å². The molecule has 0 rings (SSSR count). The summed E-state index contributed by atoms with van der Waals surface area (Å²) in [6.45, 7) is 7.71. The molecule has 2 heteroatoms. The molecule has 0 amide bonds. The summed E-state index contributed by atoms with van der Waals surface area (Å²) in [6.07, 6.45) is 0.199. The van der Waals surface area contributed by atoms with Crippen LogP contribution in [0.1, 0.15) is 35.1 Å². The Morgan fingerprint density at radius 2 is 1.78 bits per heavy atom. The first-order chi connectivity index (χ1) is 3.63. The molecule has 0 aliphatic heterocycles. The van der Waals surface area contributed by atoms with Gasteiger partial charge in [0.25, 0.3) is 0 Å². The van der Waals surface area contributed by atoms with Crippen LogP contribution in [-0.4, -0.2) is 11.8 Å². The standard InChI is InChI=1S/C6H13NO.CH4/c1-5(2)7-8-6(3)4;/h6H,1-4H3;1H4. The van der Waals surface area contributed by atoms with Crippen LogP contribution in [0.15, 0.2) is 5.16 Å². The van der Waals surface area contributed by atoms with Crippen molar-refractivity contribution in [1.29, 1.82) is 0 Å². The Hall–Kier alpha value is -0.530. The molecule has 0 heterocycles. The van der Waals surface area contributed by atoms with E-state index in [1.165, 1.54) is 0 Å². The van der Waals surface area contributed by atoms with Gasteiger partial charge in [0, 0.05) is 0 Å². The maximum atomic E-state index is 4.89. The maximum Gasteiger partial charge on any atom is 0.122 e. The molecule has 0 bridgehead atoms. The van der Waals surface area contributed by atoms with Crippen LogP contribution in [0.5, 0.6) is 0 Å². The van der Waals surface area contributed by atoms with Crippen molar-refractivity contribution >= 4 is 5.71 Å². The number of hydrogen-bond acceptors (Lipinski definition) is 2. The lowest BCUT2D eigenvalue weighted by Crippen LogP contribution is -1.97. The molecule has 9 heavy (non-hydrogen) atoms. The van der Waals surface area contributed by atoms with Crippen LogP contribution in [0, 0.1) is 0 Å². The second kappa shape index (κ2) is 5.60. The lowest BCUT2D eigenvalue weighted by Gasteiger charge is -2.00. The normalized spacial score (nSPS) is 8.11. The highest BCUT2D eigenvalue weighted by Crippen LogP contribution is 1.87. The second-order valence-corrected chi connectivity index (χ2v) is 2.19. The third-order valence-electron chi connectivity index (χ3n) is 0.446. The van der Waals surface area contributed by atoms with Gasteiger partial charge in [0.15, 0.2) is 0 Å². The molecule has 0 N–H and O–H groups in total. The van der Waals surface area contributed by atoms with Gasteiger partial charge in [-0.2, -0.15) is 0 Å². The van der Waals surface area contributed by atoms with Crippen LogP contribution in [0.4, 0.5) is 0 Å². The zero-order chi connectivity index (χ0) is 6.57. The van der Waals surface area contributed by atoms with Crippen molar-refractivity contribution in [2.24, 2.45) is 5.16 Å². The van der Waals surface area contributed by atoms with Crippen molar-refractivity contribution in [2.45, 2.75) is 41.2 Å². The van der Waals surface area contributed by atoms with E-state index in [9.17, 15) is 0 Å². The number of oxime groups is 1. The van der Waals surface area contributed by atoms with Crippen LogP contribution in [-0.2, 0) is 4.84 Å². The maximum absolute atomic E-state index is 4.89. The highest BCUT2D eigenvalue weighted by atomic mass is 16.6. The first-order valence-electron chi connectivity index (χ1n) is 2.80. The van der Waals surface area contributed by atoms with Gasteiger partial charge in [0.1, 0.15) is 6.10 Å². The Morgan fingerprint density at radius 1 is 1.33 bits per heavy atom. The van der Waals surface area contributed by atoms with Gasteiger partial charge in [-0.05, 0) is 27.7 Å². The summed E-state index contributed by atoms with van der Waals surface area (Å²) in [5.41, 5.74) is 0.957. The van der Waals surface area contributed by atoms with E-state index < -0.39 is 0 Å². The third-order valence-corrected chi connectivity index (χ3v) is 0.446. The Morgan fingerprint density at radius 3 is 1.89 bits per heavy atom. The molecule has 0 aromatic heterocycles. The quantitative estimate of drug-likeness (QED) is 0.416. The van der Waals surface area contributed by atoms with E-state index >= 15 is 0 Å². The van der Waals surface area contributed by atoms with Crippen LogP contribution in [0.3, 0.4) is 0 Å². The first-order valence-corrected chi connectivity index (χ1v) is 2.80. The fourth-order valence-electron chi connectivity index (χ4n) is 0.211. The van der Waals surface area contributed by atoms with Crippen molar-refractivity contribution in [1.82, 2.24) is 0 Å². The zero-order valence-electron chi connectivity index (χ0n) is 5.93. The van der Waals surface area contributed by atoms with E-state index in [-0.39, 0.29) is 13.5 Å². The summed E-state index contributed by atoms with van der Waals surface area (Å²) in [7, 11) is 0. The largest absolute Gasteiger partial charge is 0.393 e. The van der Waals surface area contributed by atoms with Gasteiger partial charge in [-0.15, -0.1) is 0 Å². The van der Waals surface area contributed by atoms with Crippen molar-refractivity contribution in [3.05, 3.63) is 0 Å². The van der Waals surface area contributed by atoms with Gasteiger partial charge >= 0.3 is 0 Å². The minimum absolute atomic E-state index is 0. The van der Waals surface area contributed by atoms with E-state index in [2.05, 4.69) is 5.16 Å². The topological polar surface area (TPSA) is 21.6 Å². The van der Waals surface area contributed by atoms with E-state index in [1.54, 1.807) is 0 Å². The molecule has 0 aliphatic carbocycles. The highest BCUT2D eigenvalue weighted by molar-refractivity contribution is 5.78.